The Morgan fingerprint density at radius 1 is 0.845 bits per heavy atom. The van der Waals surface area contributed by atoms with Gasteiger partial charge in [-0.15, -0.1) is 10.2 Å². The second-order valence-corrected chi connectivity index (χ2v) is 14.5. The number of hydrogen-bond donors (Lipinski definition) is 1. The number of piperazine rings is 1. The SMILES string of the molecule is O=C1CCC(N2C(=O)c3cccc(CCCOCCOCCC(=O)N4CCN(c5ccc(-c6cnc(CCc7ccco7)n7cnnc67)cc5)CC4)c3C2=O)C(=O)N1. The first kappa shape index (κ1) is 38.6. The molecule has 3 aliphatic rings. The van der Waals surface area contributed by atoms with Crippen molar-refractivity contribution in [1.82, 2.24) is 34.7 Å². The lowest BCUT2D eigenvalue weighted by Crippen LogP contribution is -2.54. The number of carbonyl (C=O) groups is 5. The number of nitrogens with zero attached hydrogens (tertiary/aromatic N) is 7. The van der Waals surface area contributed by atoms with E-state index < -0.39 is 29.7 Å². The molecule has 16 nitrogen and oxygen atoms in total. The van der Waals surface area contributed by atoms with Gasteiger partial charge in [0.2, 0.25) is 17.7 Å². The monoisotopic (exact) mass is 788 g/mol. The molecular formula is C42H44N8O8. The van der Waals surface area contributed by atoms with Crippen LogP contribution in [0.2, 0.25) is 0 Å². The van der Waals surface area contributed by atoms with Crippen LogP contribution in [0.5, 0.6) is 0 Å². The Bertz CT molecular complexity index is 2300. The van der Waals surface area contributed by atoms with Gasteiger partial charge in [0.1, 0.15) is 24.0 Å². The summed E-state index contributed by atoms with van der Waals surface area (Å²) >= 11 is 0. The van der Waals surface area contributed by atoms with E-state index in [0.29, 0.717) is 76.3 Å². The predicted octanol–water partition coefficient (Wildman–Crippen LogP) is 3.28. The molecule has 0 spiro atoms. The molecule has 6 heterocycles. The van der Waals surface area contributed by atoms with Crippen molar-refractivity contribution in [2.24, 2.45) is 0 Å². The van der Waals surface area contributed by atoms with Gasteiger partial charge in [0.25, 0.3) is 11.8 Å². The van der Waals surface area contributed by atoms with Gasteiger partial charge in [0.15, 0.2) is 5.65 Å². The molecule has 0 bridgehead atoms. The number of aryl methyl sites for hydroxylation is 3. The van der Waals surface area contributed by atoms with Crippen molar-refractivity contribution >= 4 is 40.9 Å². The first-order chi connectivity index (χ1) is 28.4. The quantitative estimate of drug-likeness (QED) is 0.114. The molecule has 2 fully saturated rings. The minimum Gasteiger partial charge on any atom is -0.469 e. The summed E-state index contributed by atoms with van der Waals surface area (Å²) in [6.07, 6.45) is 8.26. The molecule has 1 atom stereocenters. The molecule has 5 aromatic rings. The predicted molar refractivity (Wildman–Crippen MR) is 209 cm³/mol. The number of amides is 5. The van der Waals surface area contributed by atoms with Crippen LogP contribution in [0.3, 0.4) is 0 Å². The summed E-state index contributed by atoms with van der Waals surface area (Å²) in [6.45, 7) is 4.15. The molecule has 5 amide bonds. The molecule has 16 heteroatoms. The fourth-order valence-corrected chi connectivity index (χ4v) is 7.81. The third kappa shape index (κ3) is 8.24. The summed E-state index contributed by atoms with van der Waals surface area (Å²) in [5, 5.41) is 10.7. The molecule has 0 radical (unpaired) electrons. The third-order valence-corrected chi connectivity index (χ3v) is 10.9. The minimum atomic E-state index is -0.996. The number of ether oxygens (including phenoxy) is 2. The Morgan fingerprint density at radius 2 is 1.66 bits per heavy atom. The Balaban J connectivity index is 0.718. The van der Waals surface area contributed by atoms with E-state index in [1.54, 1.807) is 30.8 Å². The standard InChI is InChI=1S/C42H44N8O8/c51-36-15-13-34(40(53)45-36)50-41(54)32-7-1-4-29(38(32)42(50)55)5-2-21-56-24-25-57-23-16-37(52)48-19-17-47(18-20-48)30-10-8-28(9-11-30)33-26-43-35(49-27-44-46-39(33)49)14-12-31-6-3-22-58-31/h1,3-4,6-11,22,26-27,34H,2,5,12-21,23-25H2,(H,45,51,53). The molecule has 8 rings (SSSR count). The van der Waals surface area contributed by atoms with Crippen molar-refractivity contribution in [2.45, 2.75) is 51.0 Å². The number of carbonyl (C=O) groups excluding carboxylic acids is 5. The zero-order chi connectivity index (χ0) is 40.0. The summed E-state index contributed by atoms with van der Waals surface area (Å²) < 4.78 is 18.8. The van der Waals surface area contributed by atoms with Crippen LogP contribution >= 0.6 is 0 Å². The lowest BCUT2D eigenvalue weighted by atomic mass is 9.99. The molecule has 2 aromatic carbocycles. The number of rotatable bonds is 16. The van der Waals surface area contributed by atoms with Gasteiger partial charge in [-0.25, -0.2) is 4.98 Å². The van der Waals surface area contributed by atoms with Crippen LogP contribution in [0.4, 0.5) is 5.69 Å². The second kappa shape index (κ2) is 17.5. The maximum atomic E-state index is 13.3. The van der Waals surface area contributed by atoms with Gasteiger partial charge in [0, 0.05) is 69.5 Å². The van der Waals surface area contributed by atoms with E-state index in [-0.39, 0.29) is 24.3 Å². The van der Waals surface area contributed by atoms with Crippen molar-refractivity contribution in [2.75, 3.05) is 57.5 Å². The molecule has 1 unspecified atom stereocenters. The van der Waals surface area contributed by atoms with Gasteiger partial charge in [-0.2, -0.15) is 0 Å². The van der Waals surface area contributed by atoms with Crippen LogP contribution in [-0.2, 0) is 43.1 Å². The molecule has 3 aliphatic heterocycles. The number of hydrogen-bond acceptors (Lipinski definition) is 12. The number of benzene rings is 2. The summed E-state index contributed by atoms with van der Waals surface area (Å²) in [5.41, 5.74) is 5.04. The highest BCUT2D eigenvalue weighted by Crippen LogP contribution is 2.31. The molecule has 300 valence electrons. The first-order valence-electron chi connectivity index (χ1n) is 19.7. The zero-order valence-electron chi connectivity index (χ0n) is 32.0. The van der Waals surface area contributed by atoms with Crippen LogP contribution in [0.15, 0.2) is 77.8 Å². The number of piperidine rings is 1. The van der Waals surface area contributed by atoms with Crippen molar-refractivity contribution in [3.8, 4) is 11.1 Å². The Hall–Kier alpha value is -6.26. The average molecular weight is 789 g/mol. The van der Waals surface area contributed by atoms with E-state index in [1.165, 1.54) is 0 Å². The van der Waals surface area contributed by atoms with Gasteiger partial charge >= 0.3 is 0 Å². The van der Waals surface area contributed by atoms with Crippen LogP contribution in [0, 0.1) is 0 Å². The van der Waals surface area contributed by atoms with Crippen molar-refractivity contribution in [3.05, 3.63) is 102 Å². The maximum Gasteiger partial charge on any atom is 0.262 e. The molecule has 0 saturated carbocycles. The van der Waals surface area contributed by atoms with Crippen molar-refractivity contribution in [1.29, 1.82) is 0 Å². The minimum absolute atomic E-state index is 0.0629. The van der Waals surface area contributed by atoms with Crippen molar-refractivity contribution in [3.63, 3.8) is 0 Å². The number of fused-ring (bicyclic) bond motifs is 2. The molecule has 0 aliphatic carbocycles. The van der Waals surface area contributed by atoms with Gasteiger partial charge in [-0.3, -0.25) is 38.6 Å². The fraction of sp³-hybridized carbons (Fsp3) is 0.381. The highest BCUT2D eigenvalue weighted by molar-refractivity contribution is 6.24. The Labute approximate surface area is 334 Å². The molecule has 58 heavy (non-hydrogen) atoms. The van der Waals surface area contributed by atoms with Gasteiger partial charge < -0.3 is 23.7 Å². The van der Waals surface area contributed by atoms with E-state index in [0.717, 1.165) is 58.5 Å². The largest absolute Gasteiger partial charge is 0.469 e. The smallest absolute Gasteiger partial charge is 0.262 e. The fourth-order valence-electron chi connectivity index (χ4n) is 7.81. The highest BCUT2D eigenvalue weighted by atomic mass is 16.5. The Morgan fingerprint density at radius 3 is 2.43 bits per heavy atom. The number of imide groups is 2. The summed E-state index contributed by atoms with van der Waals surface area (Å²) in [4.78, 5) is 73.1. The topological polar surface area (TPSA) is 182 Å². The van der Waals surface area contributed by atoms with E-state index >= 15 is 0 Å². The second-order valence-electron chi connectivity index (χ2n) is 14.5. The molecule has 1 N–H and O–H groups in total. The summed E-state index contributed by atoms with van der Waals surface area (Å²) in [7, 11) is 0. The van der Waals surface area contributed by atoms with Crippen LogP contribution < -0.4 is 10.2 Å². The Kier molecular flexibility index (Phi) is 11.6. The zero-order valence-corrected chi connectivity index (χ0v) is 32.0. The maximum absolute atomic E-state index is 13.3. The van der Waals surface area contributed by atoms with Crippen LogP contribution in [-0.4, -0.2) is 118 Å². The highest BCUT2D eigenvalue weighted by Gasteiger charge is 2.45. The molecular weight excluding hydrogens is 745 g/mol. The number of aromatic nitrogens is 4. The normalized spacial score (nSPS) is 17.0. The molecule has 2 saturated heterocycles. The van der Waals surface area contributed by atoms with Gasteiger partial charge in [-0.1, -0.05) is 24.3 Å². The van der Waals surface area contributed by atoms with E-state index in [1.807, 2.05) is 27.6 Å². The number of nitrogens with one attached hydrogen (secondary N) is 1. The van der Waals surface area contributed by atoms with Gasteiger partial charge in [0.05, 0.1) is 43.6 Å². The number of furan rings is 1. The lowest BCUT2D eigenvalue weighted by molar-refractivity contribution is -0.136. The average Bonchev–Trinajstić information content (AvgIpc) is 4.01. The first-order valence-corrected chi connectivity index (χ1v) is 19.7. The number of anilines is 1. The van der Waals surface area contributed by atoms with E-state index in [4.69, 9.17) is 18.9 Å². The third-order valence-electron chi connectivity index (χ3n) is 10.9. The molecule has 3 aromatic heterocycles. The van der Waals surface area contributed by atoms with Crippen LogP contribution in [0.25, 0.3) is 16.8 Å². The van der Waals surface area contributed by atoms with Crippen LogP contribution in [0.1, 0.15) is 63.5 Å². The van der Waals surface area contributed by atoms with E-state index in [2.05, 4.69) is 44.7 Å². The summed E-state index contributed by atoms with van der Waals surface area (Å²) in [5.74, 6) is -0.227. The van der Waals surface area contributed by atoms with E-state index in [9.17, 15) is 24.0 Å². The summed E-state index contributed by atoms with van der Waals surface area (Å²) in [6, 6.07) is 16.3. The van der Waals surface area contributed by atoms with Gasteiger partial charge in [-0.05, 0) is 60.7 Å². The van der Waals surface area contributed by atoms with Crippen molar-refractivity contribution < 1.29 is 37.9 Å². The lowest BCUT2D eigenvalue weighted by Gasteiger charge is -2.36.